The second-order valence-electron chi connectivity index (χ2n) is 19.5. The van der Waals surface area contributed by atoms with Crippen molar-refractivity contribution in [3.8, 4) is 0 Å². The number of allylic oxidation sites excluding steroid dienone is 24. The fourth-order valence-electron chi connectivity index (χ4n) is 7.76. The number of unbranched alkanes of at least 4 members (excludes halogenated alkanes) is 18. The standard InChI is InChI=1S/C67H110NO8P/c1-3-5-7-9-11-13-15-17-19-21-23-25-27-29-31-32-34-36-38-40-42-44-46-48-50-52-54-56-58-60-67(70)76-65(64-75-77(71,72)74-62-61-68)63-73-66(69)59-57-55-53-51-49-47-45-43-41-39-37-35-33-30-28-26-24-22-20-18-16-14-12-10-8-6-4-2/h5,7,11,13,16-19,22-25,28-31,34,36,40,42,46,48,52,54,65H,3-4,6,8-10,12,14-15,20-21,26-27,32-33,35,37-39,41,43-45,47,49-51,53,55-64,68H2,1-2H3,(H,71,72)/b7-5-,13-11-,18-16-,19-17-,24-22-,25-23-,30-28-,31-29-,36-34-,42-40-,48-46-,54-52-. The summed E-state index contributed by atoms with van der Waals surface area (Å²) in [6.45, 7) is 3.54. The number of phosphoric ester groups is 1. The molecule has 0 aromatic carbocycles. The molecular weight excluding hydrogens is 978 g/mol. The van der Waals surface area contributed by atoms with Gasteiger partial charge in [0.05, 0.1) is 13.2 Å². The number of ether oxygens (including phenoxy) is 2. The number of rotatable bonds is 55. The normalized spacial score (nSPS) is 14.1. The molecule has 0 spiro atoms. The van der Waals surface area contributed by atoms with E-state index in [4.69, 9.17) is 24.3 Å². The van der Waals surface area contributed by atoms with Crippen LogP contribution in [-0.2, 0) is 32.7 Å². The molecule has 0 aliphatic carbocycles. The zero-order valence-electron chi connectivity index (χ0n) is 48.6. The highest BCUT2D eigenvalue weighted by atomic mass is 31.2. The second kappa shape index (κ2) is 61.1. The van der Waals surface area contributed by atoms with Crippen molar-refractivity contribution in [1.82, 2.24) is 0 Å². The van der Waals surface area contributed by atoms with E-state index in [9.17, 15) is 19.0 Å². The Hall–Kier alpha value is -4.11. The lowest BCUT2D eigenvalue weighted by atomic mass is 10.0. The molecule has 436 valence electrons. The van der Waals surface area contributed by atoms with Crippen molar-refractivity contribution in [2.75, 3.05) is 26.4 Å². The van der Waals surface area contributed by atoms with E-state index in [0.29, 0.717) is 19.3 Å². The number of hydrogen-bond donors (Lipinski definition) is 2. The van der Waals surface area contributed by atoms with Crippen LogP contribution in [0.5, 0.6) is 0 Å². The van der Waals surface area contributed by atoms with Crippen molar-refractivity contribution in [1.29, 1.82) is 0 Å². The van der Waals surface area contributed by atoms with Gasteiger partial charge in [0.15, 0.2) is 6.10 Å². The van der Waals surface area contributed by atoms with Crippen LogP contribution in [0.3, 0.4) is 0 Å². The molecule has 0 saturated carbocycles. The molecule has 0 bridgehead atoms. The molecule has 0 aromatic rings. The Balaban J connectivity index is 4.12. The van der Waals surface area contributed by atoms with Crippen LogP contribution >= 0.6 is 7.82 Å². The number of esters is 2. The molecule has 10 heteroatoms. The lowest BCUT2D eigenvalue weighted by Crippen LogP contribution is -2.29. The van der Waals surface area contributed by atoms with Gasteiger partial charge in [-0.1, -0.05) is 250 Å². The summed E-state index contributed by atoms with van der Waals surface area (Å²) in [6, 6.07) is 0. The number of phosphoric acid groups is 1. The molecule has 2 atom stereocenters. The first-order chi connectivity index (χ1) is 37.8. The van der Waals surface area contributed by atoms with Gasteiger partial charge in [0.1, 0.15) is 6.61 Å². The Labute approximate surface area is 471 Å². The first-order valence-corrected chi connectivity index (χ1v) is 31.8. The summed E-state index contributed by atoms with van der Waals surface area (Å²) in [4.78, 5) is 35.2. The molecule has 0 aliphatic rings. The molecule has 0 aliphatic heterocycles. The Morgan fingerprint density at radius 2 is 0.727 bits per heavy atom. The zero-order chi connectivity index (χ0) is 55.9. The van der Waals surface area contributed by atoms with Crippen LogP contribution in [0.15, 0.2) is 146 Å². The van der Waals surface area contributed by atoms with Crippen molar-refractivity contribution in [2.24, 2.45) is 5.73 Å². The molecule has 0 amide bonds. The summed E-state index contributed by atoms with van der Waals surface area (Å²) in [7, 11) is -4.42. The number of carbonyl (C=O) groups excluding carboxylic acids is 2. The third kappa shape index (κ3) is 61.0. The second-order valence-corrected chi connectivity index (χ2v) is 20.9. The van der Waals surface area contributed by atoms with Gasteiger partial charge in [-0.25, -0.2) is 4.57 Å². The minimum absolute atomic E-state index is 0.0359. The fraction of sp³-hybridized carbons (Fsp3) is 0.612. The van der Waals surface area contributed by atoms with Crippen LogP contribution in [0.2, 0.25) is 0 Å². The van der Waals surface area contributed by atoms with E-state index < -0.39 is 32.5 Å². The van der Waals surface area contributed by atoms with E-state index in [2.05, 4.69) is 154 Å². The van der Waals surface area contributed by atoms with Crippen molar-refractivity contribution in [3.63, 3.8) is 0 Å². The van der Waals surface area contributed by atoms with Gasteiger partial charge in [-0.3, -0.25) is 18.6 Å². The Bertz CT molecular complexity index is 1770. The van der Waals surface area contributed by atoms with Crippen molar-refractivity contribution in [2.45, 2.75) is 238 Å². The molecule has 0 saturated heterocycles. The van der Waals surface area contributed by atoms with E-state index in [-0.39, 0.29) is 32.6 Å². The Morgan fingerprint density at radius 1 is 0.403 bits per heavy atom. The van der Waals surface area contributed by atoms with Gasteiger partial charge in [0.25, 0.3) is 0 Å². The molecule has 2 unspecified atom stereocenters. The quantitative estimate of drug-likeness (QED) is 0.0264. The van der Waals surface area contributed by atoms with Crippen LogP contribution in [-0.4, -0.2) is 49.3 Å². The highest BCUT2D eigenvalue weighted by Crippen LogP contribution is 2.43. The lowest BCUT2D eigenvalue weighted by Gasteiger charge is -2.19. The van der Waals surface area contributed by atoms with E-state index in [1.807, 2.05) is 6.08 Å². The summed E-state index contributed by atoms with van der Waals surface area (Å²) in [5.41, 5.74) is 5.38. The third-order valence-electron chi connectivity index (χ3n) is 12.2. The molecule has 0 fully saturated rings. The average molecular weight is 1090 g/mol. The summed E-state index contributed by atoms with van der Waals surface area (Å²) < 4.78 is 33.0. The van der Waals surface area contributed by atoms with Crippen molar-refractivity contribution >= 4 is 19.8 Å². The van der Waals surface area contributed by atoms with Gasteiger partial charge in [-0.05, 0) is 116 Å². The maximum atomic E-state index is 12.7. The van der Waals surface area contributed by atoms with Gasteiger partial charge in [0, 0.05) is 19.4 Å². The molecule has 0 radical (unpaired) electrons. The molecule has 77 heavy (non-hydrogen) atoms. The van der Waals surface area contributed by atoms with Crippen LogP contribution in [0.1, 0.15) is 232 Å². The average Bonchev–Trinajstić information content (AvgIpc) is 3.42. The summed E-state index contributed by atoms with van der Waals surface area (Å²) in [6.07, 6.45) is 87.7. The predicted molar refractivity (Wildman–Crippen MR) is 330 cm³/mol. The molecule has 0 rings (SSSR count). The first kappa shape index (κ1) is 72.9. The van der Waals surface area contributed by atoms with Gasteiger partial charge < -0.3 is 20.1 Å². The largest absolute Gasteiger partial charge is 0.472 e. The van der Waals surface area contributed by atoms with E-state index in [1.54, 1.807) is 0 Å². The molecular formula is C67H110NO8P. The van der Waals surface area contributed by atoms with Crippen molar-refractivity contribution < 1.29 is 37.6 Å². The minimum Gasteiger partial charge on any atom is -0.462 e. The van der Waals surface area contributed by atoms with E-state index in [1.165, 1.54) is 96.3 Å². The van der Waals surface area contributed by atoms with E-state index in [0.717, 1.165) is 89.9 Å². The smallest absolute Gasteiger partial charge is 0.462 e. The number of carbonyl (C=O) groups is 2. The summed E-state index contributed by atoms with van der Waals surface area (Å²) in [5, 5.41) is 0. The molecule has 3 N–H and O–H groups in total. The Morgan fingerprint density at radius 3 is 1.10 bits per heavy atom. The number of nitrogens with two attached hydrogens (primary N) is 1. The maximum Gasteiger partial charge on any atom is 0.472 e. The minimum atomic E-state index is -4.42. The SMILES string of the molecule is CC/C=C\C/C=C\C/C=C\C/C=C\C/C=C\C/C=C\C/C=C\C/C=C\C/C=C\CCCC(=O)OC(COC(=O)CCCCCCCCCCCCCC/C=C\C/C=C\C/C=C\CCCCCCC)COP(=O)(O)OCCN. The topological polar surface area (TPSA) is 134 Å². The van der Waals surface area contributed by atoms with Crippen LogP contribution < -0.4 is 5.73 Å². The highest BCUT2D eigenvalue weighted by molar-refractivity contribution is 7.47. The first-order valence-electron chi connectivity index (χ1n) is 30.3. The van der Waals surface area contributed by atoms with Crippen LogP contribution in [0, 0.1) is 0 Å². The van der Waals surface area contributed by atoms with Crippen LogP contribution in [0.4, 0.5) is 0 Å². The summed E-state index contributed by atoms with van der Waals surface area (Å²) in [5.74, 6) is -0.909. The summed E-state index contributed by atoms with van der Waals surface area (Å²) >= 11 is 0. The highest BCUT2D eigenvalue weighted by Gasteiger charge is 2.26. The number of hydrogen-bond acceptors (Lipinski definition) is 8. The molecule has 0 heterocycles. The fourth-order valence-corrected chi connectivity index (χ4v) is 8.53. The van der Waals surface area contributed by atoms with Gasteiger partial charge in [-0.2, -0.15) is 0 Å². The third-order valence-corrected chi connectivity index (χ3v) is 13.2. The van der Waals surface area contributed by atoms with Gasteiger partial charge >= 0.3 is 19.8 Å². The Kier molecular flexibility index (Phi) is 57.8. The maximum absolute atomic E-state index is 12.7. The molecule has 0 aromatic heterocycles. The molecule has 9 nitrogen and oxygen atoms in total. The zero-order valence-corrected chi connectivity index (χ0v) is 49.5. The monoisotopic (exact) mass is 1090 g/mol. The van der Waals surface area contributed by atoms with Gasteiger partial charge in [0.2, 0.25) is 0 Å². The van der Waals surface area contributed by atoms with Crippen LogP contribution in [0.25, 0.3) is 0 Å². The van der Waals surface area contributed by atoms with Gasteiger partial charge in [-0.15, -0.1) is 0 Å². The van der Waals surface area contributed by atoms with Crippen molar-refractivity contribution in [3.05, 3.63) is 146 Å². The predicted octanol–water partition coefficient (Wildman–Crippen LogP) is 19.5. The van der Waals surface area contributed by atoms with E-state index >= 15 is 0 Å². The lowest BCUT2D eigenvalue weighted by molar-refractivity contribution is -0.161.